The third kappa shape index (κ3) is 2.22. The summed E-state index contributed by atoms with van der Waals surface area (Å²) in [5, 5.41) is 4.37. The van der Waals surface area contributed by atoms with Gasteiger partial charge in [0.05, 0.1) is 11.7 Å². The standard InChI is InChI=1S/C13H16N4O/c1-16-8-11-5-7-15-17(11)12(9-16)10-18-13-4-2-3-6-14-13/h2-7,12H,8-10H2,1H3/t12-/m0/s1. The van der Waals surface area contributed by atoms with Gasteiger partial charge in [-0.25, -0.2) is 4.98 Å². The molecule has 0 aliphatic carbocycles. The van der Waals surface area contributed by atoms with E-state index in [-0.39, 0.29) is 6.04 Å². The predicted octanol–water partition coefficient (Wildman–Crippen LogP) is 1.34. The van der Waals surface area contributed by atoms with Gasteiger partial charge in [0, 0.05) is 31.5 Å². The molecule has 0 amide bonds. The molecule has 0 unspecified atom stereocenters. The number of ether oxygens (including phenoxy) is 1. The van der Waals surface area contributed by atoms with Crippen molar-refractivity contribution < 1.29 is 4.74 Å². The smallest absolute Gasteiger partial charge is 0.213 e. The summed E-state index contributed by atoms with van der Waals surface area (Å²) in [5.41, 5.74) is 1.23. The number of fused-ring (bicyclic) bond motifs is 1. The van der Waals surface area contributed by atoms with E-state index >= 15 is 0 Å². The van der Waals surface area contributed by atoms with Crippen molar-refractivity contribution in [3.05, 3.63) is 42.4 Å². The number of aromatic nitrogens is 3. The zero-order valence-corrected chi connectivity index (χ0v) is 10.4. The molecule has 5 nitrogen and oxygen atoms in total. The van der Waals surface area contributed by atoms with Gasteiger partial charge >= 0.3 is 0 Å². The van der Waals surface area contributed by atoms with Crippen molar-refractivity contribution in [2.45, 2.75) is 12.6 Å². The third-order valence-corrected chi connectivity index (χ3v) is 3.11. The van der Waals surface area contributed by atoms with Crippen molar-refractivity contribution in [2.75, 3.05) is 20.2 Å². The predicted molar refractivity (Wildman–Crippen MR) is 67.3 cm³/mol. The van der Waals surface area contributed by atoms with Crippen LogP contribution in [0.5, 0.6) is 5.88 Å². The van der Waals surface area contributed by atoms with Crippen molar-refractivity contribution in [1.82, 2.24) is 19.7 Å². The van der Waals surface area contributed by atoms with Crippen molar-refractivity contribution in [3.63, 3.8) is 0 Å². The van der Waals surface area contributed by atoms with Gasteiger partial charge in [-0.1, -0.05) is 6.07 Å². The molecule has 0 bridgehead atoms. The van der Waals surface area contributed by atoms with Crippen LogP contribution in [-0.2, 0) is 6.54 Å². The van der Waals surface area contributed by atoms with Crippen LogP contribution in [0.4, 0.5) is 0 Å². The quantitative estimate of drug-likeness (QED) is 0.817. The molecular formula is C13H16N4O. The first kappa shape index (κ1) is 11.2. The van der Waals surface area contributed by atoms with Crippen molar-refractivity contribution in [3.8, 4) is 5.88 Å². The number of hydrogen-bond acceptors (Lipinski definition) is 4. The summed E-state index contributed by atoms with van der Waals surface area (Å²) < 4.78 is 7.78. The van der Waals surface area contributed by atoms with Gasteiger partial charge in [0.1, 0.15) is 6.61 Å². The van der Waals surface area contributed by atoms with E-state index in [1.54, 1.807) is 6.20 Å². The summed E-state index contributed by atoms with van der Waals surface area (Å²) in [5.74, 6) is 0.666. The first-order valence-electron chi connectivity index (χ1n) is 6.08. The van der Waals surface area contributed by atoms with E-state index in [2.05, 4.69) is 32.8 Å². The van der Waals surface area contributed by atoms with E-state index in [0.717, 1.165) is 13.1 Å². The minimum absolute atomic E-state index is 0.246. The second kappa shape index (κ2) is 4.78. The molecule has 3 rings (SSSR count). The molecule has 18 heavy (non-hydrogen) atoms. The third-order valence-electron chi connectivity index (χ3n) is 3.11. The van der Waals surface area contributed by atoms with Crippen LogP contribution in [0.25, 0.3) is 0 Å². The highest BCUT2D eigenvalue weighted by Crippen LogP contribution is 2.19. The molecule has 94 valence electrons. The fraction of sp³-hybridized carbons (Fsp3) is 0.385. The number of rotatable bonds is 3. The Morgan fingerprint density at radius 2 is 2.28 bits per heavy atom. The van der Waals surface area contributed by atoms with Crippen LogP contribution < -0.4 is 4.74 Å². The summed E-state index contributed by atoms with van der Waals surface area (Å²) >= 11 is 0. The van der Waals surface area contributed by atoms with E-state index in [0.29, 0.717) is 12.5 Å². The monoisotopic (exact) mass is 244 g/mol. The molecule has 0 aromatic carbocycles. The molecule has 0 spiro atoms. The zero-order valence-electron chi connectivity index (χ0n) is 10.4. The van der Waals surface area contributed by atoms with Crippen LogP contribution >= 0.6 is 0 Å². The Morgan fingerprint density at radius 1 is 1.33 bits per heavy atom. The Hall–Kier alpha value is -1.88. The fourth-order valence-electron chi connectivity index (χ4n) is 2.31. The molecule has 0 saturated carbocycles. The van der Waals surface area contributed by atoms with Crippen LogP contribution in [-0.4, -0.2) is 39.9 Å². The summed E-state index contributed by atoms with van der Waals surface area (Å²) in [6.45, 7) is 2.48. The Labute approximate surface area is 106 Å². The lowest BCUT2D eigenvalue weighted by Gasteiger charge is -2.31. The minimum atomic E-state index is 0.246. The molecule has 5 heteroatoms. The molecule has 1 aliphatic rings. The Bertz CT molecular complexity index is 511. The molecule has 2 aromatic rings. The van der Waals surface area contributed by atoms with Gasteiger partial charge in [-0.3, -0.25) is 9.58 Å². The molecule has 1 atom stereocenters. The number of nitrogens with zero attached hydrogens (tertiary/aromatic N) is 4. The molecule has 1 aliphatic heterocycles. The van der Waals surface area contributed by atoms with Crippen LogP contribution in [0.3, 0.4) is 0 Å². The van der Waals surface area contributed by atoms with Gasteiger partial charge < -0.3 is 4.74 Å². The number of hydrogen-bond donors (Lipinski definition) is 0. The van der Waals surface area contributed by atoms with Crippen molar-refractivity contribution in [2.24, 2.45) is 0 Å². The normalized spacial score (nSPS) is 19.5. The maximum absolute atomic E-state index is 5.72. The Balaban J connectivity index is 1.71. The van der Waals surface area contributed by atoms with E-state index < -0.39 is 0 Å². The van der Waals surface area contributed by atoms with Gasteiger partial charge in [0.25, 0.3) is 0 Å². The Morgan fingerprint density at radius 3 is 3.11 bits per heavy atom. The fourth-order valence-corrected chi connectivity index (χ4v) is 2.31. The molecule has 0 fully saturated rings. The Kier molecular flexibility index (Phi) is 2.98. The molecule has 0 radical (unpaired) electrons. The molecule has 0 saturated heterocycles. The van der Waals surface area contributed by atoms with E-state index in [9.17, 15) is 0 Å². The van der Waals surface area contributed by atoms with E-state index in [4.69, 9.17) is 4.74 Å². The maximum Gasteiger partial charge on any atom is 0.213 e. The lowest BCUT2D eigenvalue weighted by molar-refractivity contribution is 0.150. The topological polar surface area (TPSA) is 43.2 Å². The van der Waals surface area contributed by atoms with Crippen molar-refractivity contribution >= 4 is 0 Å². The minimum Gasteiger partial charge on any atom is -0.475 e. The molecule has 3 heterocycles. The lowest BCUT2D eigenvalue weighted by Crippen LogP contribution is -2.37. The average molecular weight is 244 g/mol. The molecule has 0 N–H and O–H groups in total. The summed E-state index contributed by atoms with van der Waals surface area (Å²) in [6.07, 6.45) is 3.59. The lowest BCUT2D eigenvalue weighted by atomic mass is 10.2. The largest absolute Gasteiger partial charge is 0.475 e. The molecular weight excluding hydrogens is 228 g/mol. The first-order valence-corrected chi connectivity index (χ1v) is 6.08. The van der Waals surface area contributed by atoms with Crippen molar-refractivity contribution in [1.29, 1.82) is 0 Å². The summed E-state index contributed by atoms with van der Waals surface area (Å²) in [4.78, 5) is 6.44. The van der Waals surface area contributed by atoms with Crippen LogP contribution in [0, 0.1) is 0 Å². The number of pyridine rings is 1. The van der Waals surface area contributed by atoms with Gasteiger partial charge in [0.15, 0.2) is 0 Å². The van der Waals surface area contributed by atoms with Crippen LogP contribution in [0.1, 0.15) is 11.7 Å². The second-order valence-corrected chi connectivity index (χ2v) is 4.60. The highest BCUT2D eigenvalue weighted by atomic mass is 16.5. The second-order valence-electron chi connectivity index (χ2n) is 4.60. The highest BCUT2D eigenvalue weighted by Gasteiger charge is 2.23. The SMILES string of the molecule is CN1Cc2ccnn2[C@H](COc2ccccn2)C1. The summed E-state index contributed by atoms with van der Waals surface area (Å²) in [6, 6.07) is 7.98. The zero-order chi connectivity index (χ0) is 12.4. The average Bonchev–Trinajstić information content (AvgIpc) is 2.85. The van der Waals surface area contributed by atoms with Gasteiger partial charge in [-0.15, -0.1) is 0 Å². The van der Waals surface area contributed by atoms with Crippen LogP contribution in [0.2, 0.25) is 0 Å². The maximum atomic E-state index is 5.72. The van der Waals surface area contributed by atoms with E-state index in [1.807, 2.05) is 24.4 Å². The first-order chi connectivity index (χ1) is 8.83. The summed E-state index contributed by atoms with van der Waals surface area (Å²) in [7, 11) is 2.12. The van der Waals surface area contributed by atoms with Gasteiger partial charge in [0.2, 0.25) is 5.88 Å². The van der Waals surface area contributed by atoms with Gasteiger partial charge in [-0.05, 0) is 19.2 Å². The van der Waals surface area contributed by atoms with Gasteiger partial charge in [-0.2, -0.15) is 5.10 Å². The molecule has 2 aromatic heterocycles. The highest BCUT2D eigenvalue weighted by molar-refractivity contribution is 5.10. The van der Waals surface area contributed by atoms with Crippen LogP contribution in [0.15, 0.2) is 36.7 Å². The van der Waals surface area contributed by atoms with E-state index in [1.165, 1.54) is 5.69 Å². The number of likely N-dealkylation sites (N-methyl/N-ethyl adjacent to an activating group) is 1.